The first-order chi connectivity index (χ1) is 18.1. The van der Waals surface area contributed by atoms with Crippen molar-refractivity contribution in [1.82, 2.24) is 14.8 Å². The molecular weight excluding hydrogens is 466 g/mol. The highest BCUT2D eigenvalue weighted by molar-refractivity contribution is 5.97. The van der Waals surface area contributed by atoms with Crippen LogP contribution in [0.25, 0.3) is 10.9 Å². The van der Waals surface area contributed by atoms with Crippen molar-refractivity contribution in [3.05, 3.63) is 95.2 Å². The molecule has 3 aromatic carbocycles. The summed E-state index contributed by atoms with van der Waals surface area (Å²) in [7, 11) is 1.61. The Kier molecular flexibility index (Phi) is 5.83. The topological polar surface area (TPSA) is 74.9 Å². The molecule has 1 fully saturated rings. The number of carbonyl (C=O) groups is 2. The highest BCUT2D eigenvalue weighted by Gasteiger charge is 2.48. The third kappa shape index (κ3) is 3.82. The molecule has 2 aliphatic rings. The third-order valence-electron chi connectivity index (χ3n) is 7.41. The van der Waals surface area contributed by atoms with Gasteiger partial charge in [-0.2, -0.15) is 0 Å². The smallest absolute Gasteiger partial charge is 0.246 e. The molecule has 2 amide bonds. The number of rotatable bonds is 6. The van der Waals surface area contributed by atoms with Crippen molar-refractivity contribution >= 4 is 22.7 Å². The number of para-hydroxylation sites is 3. The number of ether oxygens (including phenoxy) is 2. The zero-order chi connectivity index (χ0) is 25.5. The van der Waals surface area contributed by atoms with Gasteiger partial charge in [-0.25, -0.2) is 0 Å². The monoisotopic (exact) mass is 495 g/mol. The molecule has 1 saturated heterocycles. The van der Waals surface area contributed by atoms with Gasteiger partial charge in [-0.05, 0) is 30.7 Å². The summed E-state index contributed by atoms with van der Waals surface area (Å²) in [6.45, 7) is 2.78. The first kappa shape index (κ1) is 23.2. The van der Waals surface area contributed by atoms with Crippen LogP contribution in [0.5, 0.6) is 11.5 Å². The van der Waals surface area contributed by atoms with Gasteiger partial charge in [-0.15, -0.1) is 0 Å². The molecule has 6 rings (SSSR count). The second kappa shape index (κ2) is 9.32. The van der Waals surface area contributed by atoms with Gasteiger partial charge in [0.25, 0.3) is 0 Å². The highest BCUT2D eigenvalue weighted by Crippen LogP contribution is 2.45. The fourth-order valence-corrected chi connectivity index (χ4v) is 5.81. The first-order valence-corrected chi connectivity index (χ1v) is 12.6. The van der Waals surface area contributed by atoms with Crippen LogP contribution in [0.4, 0.5) is 0 Å². The Labute approximate surface area is 215 Å². The van der Waals surface area contributed by atoms with Crippen molar-refractivity contribution in [3.8, 4) is 11.5 Å². The number of H-pyrrole nitrogens is 1. The van der Waals surface area contributed by atoms with Crippen molar-refractivity contribution in [2.24, 2.45) is 0 Å². The highest BCUT2D eigenvalue weighted by atomic mass is 16.5. The van der Waals surface area contributed by atoms with Gasteiger partial charge in [0.1, 0.15) is 30.1 Å². The molecule has 1 N–H and O–H groups in total. The SMILES string of the molecule is CCOc1ccccc1[C@@H]1c2[nH]c3ccccc3c2C[C@H]2C(=O)N(Cc3ccccc3OC)CC(=O)N12. The van der Waals surface area contributed by atoms with Gasteiger partial charge in [0.05, 0.1) is 13.7 Å². The van der Waals surface area contributed by atoms with Gasteiger partial charge in [-0.3, -0.25) is 9.59 Å². The Balaban J connectivity index is 1.46. The standard InChI is InChI=1S/C30H29N3O4/c1-3-37-26-15-9-6-12-21(26)29-28-22(20-11-5-7-13-23(20)31-28)16-24-30(35)32(18-27(34)33(24)29)17-19-10-4-8-14-25(19)36-2/h4-15,24,29,31H,3,16-18H2,1-2H3/t24-,29+/m0/s1. The van der Waals surface area contributed by atoms with E-state index in [1.54, 1.807) is 16.9 Å². The van der Waals surface area contributed by atoms with E-state index in [-0.39, 0.29) is 18.4 Å². The summed E-state index contributed by atoms with van der Waals surface area (Å²) in [4.78, 5) is 34.9. The number of fused-ring (bicyclic) bond motifs is 4. The van der Waals surface area contributed by atoms with Crippen LogP contribution in [0.15, 0.2) is 72.8 Å². The molecule has 2 atom stereocenters. The number of amides is 2. The molecule has 0 spiro atoms. The van der Waals surface area contributed by atoms with Crippen molar-refractivity contribution in [2.45, 2.75) is 32.0 Å². The van der Waals surface area contributed by atoms with Gasteiger partial charge in [0.2, 0.25) is 11.8 Å². The Morgan fingerprint density at radius 3 is 2.49 bits per heavy atom. The lowest BCUT2D eigenvalue weighted by molar-refractivity contribution is -0.159. The van der Waals surface area contributed by atoms with Gasteiger partial charge in [0, 0.05) is 40.7 Å². The minimum Gasteiger partial charge on any atom is -0.496 e. The van der Waals surface area contributed by atoms with E-state index in [0.29, 0.717) is 25.3 Å². The number of aromatic amines is 1. The average molecular weight is 496 g/mol. The minimum atomic E-state index is -0.609. The maximum atomic E-state index is 14.0. The number of carbonyl (C=O) groups excluding carboxylic acids is 2. The lowest BCUT2D eigenvalue weighted by atomic mass is 9.85. The van der Waals surface area contributed by atoms with Crippen LogP contribution in [-0.2, 0) is 22.6 Å². The Morgan fingerprint density at radius 1 is 0.946 bits per heavy atom. The zero-order valence-electron chi connectivity index (χ0n) is 20.9. The second-order valence-corrected chi connectivity index (χ2v) is 9.46. The summed E-state index contributed by atoms with van der Waals surface area (Å²) >= 11 is 0. The molecule has 37 heavy (non-hydrogen) atoms. The second-order valence-electron chi connectivity index (χ2n) is 9.46. The molecule has 0 saturated carbocycles. The van der Waals surface area contributed by atoms with E-state index >= 15 is 0 Å². The molecule has 7 heteroatoms. The lowest BCUT2D eigenvalue weighted by Crippen LogP contribution is -2.62. The van der Waals surface area contributed by atoms with E-state index in [4.69, 9.17) is 9.47 Å². The van der Waals surface area contributed by atoms with Crippen LogP contribution in [0.3, 0.4) is 0 Å². The Morgan fingerprint density at radius 2 is 1.68 bits per heavy atom. The fraction of sp³-hybridized carbons (Fsp3) is 0.267. The number of piperazine rings is 1. The quantitative estimate of drug-likeness (QED) is 0.429. The van der Waals surface area contributed by atoms with Crippen LogP contribution in [-0.4, -0.2) is 52.9 Å². The molecule has 188 valence electrons. The predicted molar refractivity (Wildman–Crippen MR) is 141 cm³/mol. The minimum absolute atomic E-state index is 0.0102. The van der Waals surface area contributed by atoms with Crippen molar-refractivity contribution in [1.29, 1.82) is 0 Å². The molecule has 2 aliphatic heterocycles. The van der Waals surface area contributed by atoms with E-state index in [1.807, 2.05) is 73.7 Å². The maximum Gasteiger partial charge on any atom is 0.246 e. The summed E-state index contributed by atoms with van der Waals surface area (Å²) in [6, 6.07) is 22.5. The molecule has 0 unspecified atom stereocenters. The predicted octanol–water partition coefficient (Wildman–Crippen LogP) is 4.46. The van der Waals surface area contributed by atoms with Gasteiger partial charge < -0.3 is 24.3 Å². The lowest BCUT2D eigenvalue weighted by Gasteiger charge is -2.47. The van der Waals surface area contributed by atoms with Crippen LogP contribution >= 0.6 is 0 Å². The van der Waals surface area contributed by atoms with E-state index in [1.165, 1.54) is 0 Å². The number of nitrogens with zero attached hydrogens (tertiary/aromatic N) is 2. The fourth-order valence-electron chi connectivity index (χ4n) is 5.81. The van der Waals surface area contributed by atoms with E-state index < -0.39 is 12.1 Å². The number of nitrogens with one attached hydrogen (secondary N) is 1. The van der Waals surface area contributed by atoms with Gasteiger partial charge in [0.15, 0.2) is 0 Å². The number of benzene rings is 3. The van der Waals surface area contributed by atoms with E-state index in [9.17, 15) is 9.59 Å². The van der Waals surface area contributed by atoms with Crippen molar-refractivity contribution in [3.63, 3.8) is 0 Å². The van der Waals surface area contributed by atoms with Crippen LogP contribution in [0.2, 0.25) is 0 Å². The number of methoxy groups -OCH3 is 1. The van der Waals surface area contributed by atoms with Crippen molar-refractivity contribution in [2.75, 3.05) is 20.3 Å². The summed E-state index contributed by atoms with van der Waals surface area (Å²) in [6.07, 6.45) is 0.458. The first-order valence-electron chi connectivity index (χ1n) is 12.6. The summed E-state index contributed by atoms with van der Waals surface area (Å²) in [5.74, 6) is 1.29. The molecule has 0 radical (unpaired) electrons. The Bertz CT molecular complexity index is 1490. The number of hydrogen-bond acceptors (Lipinski definition) is 4. The number of hydrogen-bond donors (Lipinski definition) is 1. The molecule has 7 nitrogen and oxygen atoms in total. The summed E-state index contributed by atoms with van der Waals surface area (Å²) in [5.41, 5.74) is 4.78. The molecule has 1 aromatic heterocycles. The van der Waals surface area contributed by atoms with E-state index in [0.717, 1.165) is 39.0 Å². The average Bonchev–Trinajstić information content (AvgIpc) is 3.30. The molecule has 3 heterocycles. The summed E-state index contributed by atoms with van der Waals surface area (Å²) < 4.78 is 11.5. The normalized spacial score (nSPS) is 19.1. The molecule has 0 aliphatic carbocycles. The van der Waals surface area contributed by atoms with Gasteiger partial charge >= 0.3 is 0 Å². The summed E-state index contributed by atoms with van der Waals surface area (Å²) in [5, 5.41) is 1.08. The molecule has 4 aromatic rings. The molecule has 0 bridgehead atoms. The third-order valence-corrected chi connectivity index (χ3v) is 7.41. The zero-order valence-corrected chi connectivity index (χ0v) is 20.9. The Hall–Kier alpha value is -4.26. The largest absolute Gasteiger partial charge is 0.496 e. The van der Waals surface area contributed by atoms with Crippen molar-refractivity contribution < 1.29 is 19.1 Å². The maximum absolute atomic E-state index is 14.0. The van der Waals surface area contributed by atoms with Crippen LogP contribution in [0.1, 0.15) is 35.3 Å². The van der Waals surface area contributed by atoms with Crippen LogP contribution < -0.4 is 9.47 Å². The number of aromatic nitrogens is 1. The van der Waals surface area contributed by atoms with E-state index in [2.05, 4.69) is 11.1 Å². The van der Waals surface area contributed by atoms with Gasteiger partial charge in [-0.1, -0.05) is 54.6 Å². The molecular formula is C30H29N3O4. The van der Waals surface area contributed by atoms with Crippen LogP contribution in [0, 0.1) is 0 Å².